The van der Waals surface area contributed by atoms with Gasteiger partial charge in [-0.15, -0.1) is 0 Å². The van der Waals surface area contributed by atoms with E-state index in [1.807, 2.05) is 12.2 Å². The molecule has 0 aromatic carbocycles. The van der Waals surface area contributed by atoms with Gasteiger partial charge in [0.25, 0.3) is 0 Å². The van der Waals surface area contributed by atoms with Gasteiger partial charge in [-0.1, -0.05) is 13.2 Å². The van der Waals surface area contributed by atoms with Crippen molar-refractivity contribution in [3.05, 3.63) is 40.6 Å². The molecule has 0 fully saturated rings. The monoisotopic (exact) mass is 188 g/mol. The van der Waals surface area contributed by atoms with Crippen LogP contribution in [0, 0.1) is 15.3 Å². The summed E-state index contributed by atoms with van der Waals surface area (Å²) in [6.07, 6.45) is 3.89. The van der Waals surface area contributed by atoms with Crippen LogP contribution in [0.5, 0.6) is 0 Å². The summed E-state index contributed by atoms with van der Waals surface area (Å²) in [5.74, 6) is 0. The van der Waals surface area contributed by atoms with E-state index < -0.39 is 5.09 Å². The fourth-order valence-electron chi connectivity index (χ4n) is 0.780. The Balaban J connectivity index is 0. The lowest BCUT2D eigenvalue weighted by Gasteiger charge is -2.11. The Morgan fingerprint density at radius 2 is 1.62 bits per heavy atom. The lowest BCUT2D eigenvalue weighted by atomic mass is 10.4. The van der Waals surface area contributed by atoms with Gasteiger partial charge in [-0.25, -0.2) is 0 Å². The molecule has 5 heteroatoms. The van der Waals surface area contributed by atoms with E-state index in [4.69, 9.17) is 15.3 Å². The Kier molecular flexibility index (Phi) is 11.6. The first kappa shape index (κ1) is 14.2. The first-order chi connectivity index (χ1) is 6.08. The fraction of sp³-hybridized carbons (Fsp3) is 0.500. The average Bonchev–Trinajstić information content (AvgIpc) is 2.03. The minimum atomic E-state index is -1.75. The highest BCUT2D eigenvalue weighted by Crippen LogP contribution is 1.56. The van der Waals surface area contributed by atoms with Crippen molar-refractivity contribution >= 4 is 0 Å². The zero-order valence-corrected chi connectivity index (χ0v) is 7.86. The molecule has 0 atom stereocenters. The van der Waals surface area contributed by atoms with Crippen LogP contribution in [0.25, 0.3) is 0 Å². The Bertz CT molecular complexity index is 145. The molecular weight excluding hydrogens is 172 g/mol. The maximum Gasteiger partial charge on any atom is 0.0957 e. The Morgan fingerprint density at radius 1 is 1.31 bits per heavy atom. The quantitative estimate of drug-likeness (QED) is 0.376. The zero-order valence-electron chi connectivity index (χ0n) is 7.86. The smallest absolute Gasteiger partial charge is 0.0957 e. The van der Waals surface area contributed by atoms with Gasteiger partial charge < -0.3 is 20.2 Å². The van der Waals surface area contributed by atoms with Crippen molar-refractivity contribution in [1.29, 1.82) is 0 Å². The number of quaternary nitrogens is 1. The minimum absolute atomic E-state index is 1.04. The summed E-state index contributed by atoms with van der Waals surface area (Å²) >= 11 is 0. The highest BCUT2D eigenvalue weighted by Gasteiger charge is 1.96. The molecule has 0 aliphatic heterocycles. The molecule has 0 saturated carbocycles. The first-order valence-electron chi connectivity index (χ1n) is 3.95. The van der Waals surface area contributed by atoms with E-state index in [0.29, 0.717) is 0 Å². The highest BCUT2D eigenvalue weighted by atomic mass is 16.9. The van der Waals surface area contributed by atoms with E-state index in [0.717, 1.165) is 19.6 Å². The lowest BCUT2D eigenvalue weighted by Crippen LogP contribution is -3.11. The molecule has 0 rings (SSSR count). The molecule has 0 unspecified atom stereocenters. The van der Waals surface area contributed by atoms with Crippen molar-refractivity contribution < 1.29 is 9.99 Å². The molecule has 5 nitrogen and oxygen atoms in total. The summed E-state index contributed by atoms with van der Waals surface area (Å²) in [6.45, 7) is 12.8. The molecule has 76 valence electrons. The number of hydrogen-bond donors (Lipinski definition) is 1. The van der Waals surface area contributed by atoms with Gasteiger partial charge in [0, 0.05) is 0 Å². The van der Waals surface area contributed by atoms with E-state index in [9.17, 15) is 0 Å². The highest BCUT2D eigenvalue weighted by molar-refractivity contribution is 4.67. The van der Waals surface area contributed by atoms with E-state index in [1.54, 1.807) is 0 Å². The summed E-state index contributed by atoms with van der Waals surface area (Å²) in [5.41, 5.74) is 0. The third-order valence-corrected chi connectivity index (χ3v) is 1.37. The predicted molar refractivity (Wildman–Crippen MR) is 52.0 cm³/mol. The molecular formula is C8H16N2O3. The number of hydrogen-bond acceptors (Lipinski definition) is 3. The standard InChI is InChI=1S/C8H15N.NO3/c1-4-7-9(6-3)8-5-2;2-1(3)4/h4-5H,1-2,6-8H2,3H3;/q;-1/p+1. The molecule has 0 heterocycles. The van der Waals surface area contributed by atoms with Gasteiger partial charge in [0.1, 0.15) is 0 Å². The third-order valence-electron chi connectivity index (χ3n) is 1.37. The molecule has 0 spiro atoms. The minimum Gasteiger partial charge on any atom is -0.356 e. The SMILES string of the molecule is C=CC[NH+](CC)CC=C.O=[N+]([O-])[O-]. The number of nitrogens with zero attached hydrogens (tertiary/aromatic N) is 1. The number of rotatable bonds is 5. The summed E-state index contributed by atoms with van der Waals surface area (Å²) in [6, 6.07) is 0. The first-order valence-corrected chi connectivity index (χ1v) is 3.95. The third kappa shape index (κ3) is 18.0. The van der Waals surface area contributed by atoms with E-state index >= 15 is 0 Å². The van der Waals surface area contributed by atoms with Crippen molar-refractivity contribution in [2.75, 3.05) is 19.6 Å². The second kappa shape index (κ2) is 10.6. The summed E-state index contributed by atoms with van der Waals surface area (Å²) in [7, 11) is 0. The zero-order chi connectivity index (χ0) is 10.7. The lowest BCUT2D eigenvalue weighted by molar-refractivity contribution is -0.886. The number of nitrogens with one attached hydrogen (secondary N) is 1. The Morgan fingerprint density at radius 3 is 1.77 bits per heavy atom. The molecule has 0 aromatic rings. The van der Waals surface area contributed by atoms with Gasteiger partial charge in [-0.2, -0.15) is 0 Å². The van der Waals surface area contributed by atoms with Crippen LogP contribution in [0.4, 0.5) is 0 Å². The van der Waals surface area contributed by atoms with Crippen LogP contribution in [0.1, 0.15) is 6.92 Å². The molecule has 0 aliphatic rings. The van der Waals surface area contributed by atoms with Crippen LogP contribution in [-0.2, 0) is 0 Å². The molecule has 1 N–H and O–H groups in total. The van der Waals surface area contributed by atoms with Gasteiger partial charge in [0.2, 0.25) is 0 Å². The van der Waals surface area contributed by atoms with Crippen molar-refractivity contribution in [3.63, 3.8) is 0 Å². The Labute approximate surface area is 78.1 Å². The van der Waals surface area contributed by atoms with Crippen LogP contribution in [0.15, 0.2) is 25.3 Å². The maximum absolute atomic E-state index is 8.25. The Hall–Kier alpha value is -1.36. The van der Waals surface area contributed by atoms with Crippen LogP contribution in [-0.4, -0.2) is 24.7 Å². The number of likely N-dealkylation sites (N-methyl/N-ethyl adjacent to an activating group) is 1. The van der Waals surface area contributed by atoms with Gasteiger partial charge in [-0.3, -0.25) is 0 Å². The van der Waals surface area contributed by atoms with E-state index in [-0.39, 0.29) is 0 Å². The van der Waals surface area contributed by atoms with Crippen LogP contribution in [0.3, 0.4) is 0 Å². The summed E-state index contributed by atoms with van der Waals surface area (Å²) in [5, 5.41) is 14.8. The van der Waals surface area contributed by atoms with Gasteiger partial charge in [0.15, 0.2) is 0 Å². The van der Waals surface area contributed by atoms with Crippen molar-refractivity contribution in [1.82, 2.24) is 0 Å². The second-order valence-corrected chi connectivity index (χ2v) is 2.31. The van der Waals surface area contributed by atoms with Gasteiger partial charge >= 0.3 is 0 Å². The molecule has 13 heavy (non-hydrogen) atoms. The topological polar surface area (TPSA) is 70.6 Å². The van der Waals surface area contributed by atoms with Gasteiger partial charge in [-0.05, 0) is 19.1 Å². The molecule has 0 bridgehead atoms. The molecule has 0 saturated heterocycles. The molecule has 0 amide bonds. The fourth-order valence-corrected chi connectivity index (χ4v) is 0.780. The van der Waals surface area contributed by atoms with Crippen molar-refractivity contribution in [3.8, 4) is 0 Å². The predicted octanol–water partition coefficient (Wildman–Crippen LogP) is 0.0241. The second-order valence-electron chi connectivity index (χ2n) is 2.31. The maximum atomic E-state index is 8.25. The van der Waals surface area contributed by atoms with E-state index in [2.05, 4.69) is 20.1 Å². The molecule has 0 aromatic heterocycles. The summed E-state index contributed by atoms with van der Waals surface area (Å²) in [4.78, 5) is 9.76. The van der Waals surface area contributed by atoms with Gasteiger partial charge in [0.05, 0.1) is 24.7 Å². The van der Waals surface area contributed by atoms with Crippen LogP contribution in [0.2, 0.25) is 0 Å². The van der Waals surface area contributed by atoms with Crippen LogP contribution >= 0.6 is 0 Å². The van der Waals surface area contributed by atoms with E-state index in [1.165, 1.54) is 4.90 Å². The normalized spacial score (nSPS) is 8.46. The van der Waals surface area contributed by atoms with Crippen LogP contribution < -0.4 is 4.90 Å². The summed E-state index contributed by atoms with van der Waals surface area (Å²) < 4.78 is 0. The molecule has 0 radical (unpaired) electrons. The largest absolute Gasteiger partial charge is 0.356 e. The molecule has 0 aliphatic carbocycles. The average molecular weight is 188 g/mol. The van der Waals surface area contributed by atoms with Crippen molar-refractivity contribution in [2.45, 2.75) is 6.92 Å². The van der Waals surface area contributed by atoms with Crippen molar-refractivity contribution in [2.24, 2.45) is 0 Å².